The maximum absolute atomic E-state index is 5.41. The lowest BCUT2D eigenvalue weighted by atomic mass is 10.2. The van der Waals surface area contributed by atoms with Gasteiger partial charge < -0.3 is 10.1 Å². The molecule has 0 radical (unpaired) electrons. The van der Waals surface area contributed by atoms with Gasteiger partial charge in [0.25, 0.3) is 0 Å². The van der Waals surface area contributed by atoms with Crippen LogP contribution in [-0.4, -0.2) is 32.8 Å². The van der Waals surface area contributed by atoms with Crippen LogP contribution in [0.1, 0.15) is 20.3 Å². The Kier molecular flexibility index (Phi) is 8.27. The van der Waals surface area contributed by atoms with Gasteiger partial charge in [0.15, 0.2) is 0 Å². The van der Waals surface area contributed by atoms with Crippen LogP contribution in [0.15, 0.2) is 4.99 Å². The van der Waals surface area contributed by atoms with Crippen molar-refractivity contribution in [1.29, 1.82) is 0 Å². The number of ether oxygens (including phenoxy) is 1. The fraction of sp³-hybridized carbons (Fsp3) is 0.889. The van der Waals surface area contributed by atoms with E-state index in [4.69, 9.17) is 10.6 Å². The number of hydrogen-bond acceptors (Lipinski definition) is 3. The third-order valence-electron chi connectivity index (χ3n) is 1.57. The van der Waals surface area contributed by atoms with Gasteiger partial charge in [-0.1, -0.05) is 13.8 Å². The summed E-state index contributed by atoms with van der Waals surface area (Å²) in [5.74, 6) is 6.39. The van der Waals surface area contributed by atoms with Crippen LogP contribution in [0.3, 0.4) is 0 Å². The highest BCUT2D eigenvalue weighted by Crippen LogP contribution is 1.92. The molecule has 84 valence electrons. The summed E-state index contributed by atoms with van der Waals surface area (Å²) >= 11 is 0. The van der Waals surface area contributed by atoms with Crippen LogP contribution in [0, 0.1) is 5.92 Å². The molecule has 0 aromatic rings. The number of guanidine groups is 1. The summed E-state index contributed by atoms with van der Waals surface area (Å²) in [5, 5.41) is 3.04. The highest BCUT2D eigenvalue weighted by Gasteiger charge is 1.95. The Morgan fingerprint density at radius 3 is 2.71 bits per heavy atom. The quantitative estimate of drug-likeness (QED) is 0.188. The van der Waals surface area contributed by atoms with E-state index < -0.39 is 0 Å². The molecule has 0 saturated heterocycles. The molecular weight excluding hydrogens is 180 g/mol. The summed E-state index contributed by atoms with van der Waals surface area (Å²) in [6.45, 7) is 6.68. The van der Waals surface area contributed by atoms with Crippen molar-refractivity contribution in [2.45, 2.75) is 20.3 Å². The number of hydrogen-bond donors (Lipinski definition) is 3. The second-order valence-corrected chi connectivity index (χ2v) is 3.47. The summed E-state index contributed by atoms with van der Waals surface area (Å²) in [6, 6.07) is 0. The minimum Gasteiger partial charge on any atom is -0.381 e. The van der Waals surface area contributed by atoms with Crippen LogP contribution in [0.5, 0.6) is 0 Å². The lowest BCUT2D eigenvalue weighted by Crippen LogP contribution is -2.41. The van der Waals surface area contributed by atoms with Gasteiger partial charge in [-0.15, -0.1) is 0 Å². The summed E-state index contributed by atoms with van der Waals surface area (Å²) in [5.41, 5.74) is 2.46. The molecule has 0 aromatic heterocycles. The molecule has 0 aliphatic carbocycles. The summed E-state index contributed by atoms with van der Waals surface area (Å²) < 4.78 is 5.41. The minimum absolute atomic E-state index is 0.599. The third-order valence-corrected chi connectivity index (χ3v) is 1.57. The van der Waals surface area contributed by atoms with Gasteiger partial charge in [-0.05, 0) is 12.3 Å². The maximum atomic E-state index is 5.41. The zero-order valence-corrected chi connectivity index (χ0v) is 9.34. The van der Waals surface area contributed by atoms with Crippen LogP contribution in [0.2, 0.25) is 0 Å². The lowest BCUT2D eigenvalue weighted by Gasteiger charge is -2.09. The predicted octanol–water partition coefficient (Wildman–Crippen LogP) is 0.0878. The molecule has 0 aliphatic rings. The van der Waals surface area contributed by atoms with E-state index >= 15 is 0 Å². The number of rotatable bonds is 6. The third kappa shape index (κ3) is 7.82. The van der Waals surface area contributed by atoms with E-state index in [1.54, 1.807) is 7.05 Å². The monoisotopic (exact) mass is 202 g/mol. The minimum atomic E-state index is 0.599. The Morgan fingerprint density at radius 1 is 1.50 bits per heavy atom. The molecule has 0 bridgehead atoms. The first kappa shape index (κ1) is 13.2. The van der Waals surface area contributed by atoms with E-state index in [-0.39, 0.29) is 0 Å². The van der Waals surface area contributed by atoms with Gasteiger partial charge in [-0.3, -0.25) is 10.4 Å². The van der Waals surface area contributed by atoms with Crippen LogP contribution in [0.4, 0.5) is 0 Å². The van der Waals surface area contributed by atoms with Crippen LogP contribution in [0.25, 0.3) is 0 Å². The fourth-order valence-corrected chi connectivity index (χ4v) is 0.895. The first-order valence-electron chi connectivity index (χ1n) is 4.95. The molecule has 0 aromatic carbocycles. The standard InChI is InChI=1S/C9H22N4O/c1-8(2)7-14-6-4-5-12-9(11-3)13-10/h8H,4-7,10H2,1-3H3,(H2,11,12,13). The Labute approximate surface area is 86.1 Å². The molecule has 0 unspecified atom stereocenters. The van der Waals surface area contributed by atoms with Crippen molar-refractivity contribution in [1.82, 2.24) is 10.7 Å². The van der Waals surface area contributed by atoms with Crippen molar-refractivity contribution < 1.29 is 4.74 Å². The molecule has 0 saturated carbocycles. The van der Waals surface area contributed by atoms with Crippen LogP contribution >= 0.6 is 0 Å². The van der Waals surface area contributed by atoms with Crippen molar-refractivity contribution in [2.24, 2.45) is 16.8 Å². The molecule has 0 rings (SSSR count). The number of nitrogens with two attached hydrogens (primary N) is 1. The lowest BCUT2D eigenvalue weighted by molar-refractivity contribution is 0.108. The number of nitrogens with one attached hydrogen (secondary N) is 2. The highest BCUT2D eigenvalue weighted by molar-refractivity contribution is 5.78. The second-order valence-electron chi connectivity index (χ2n) is 3.47. The first-order valence-corrected chi connectivity index (χ1v) is 4.95. The molecule has 0 aliphatic heterocycles. The zero-order valence-electron chi connectivity index (χ0n) is 9.34. The van der Waals surface area contributed by atoms with E-state index in [9.17, 15) is 0 Å². The van der Waals surface area contributed by atoms with Gasteiger partial charge in [0.1, 0.15) is 0 Å². The Morgan fingerprint density at radius 2 is 2.21 bits per heavy atom. The van der Waals surface area contributed by atoms with E-state index in [1.807, 2.05) is 0 Å². The van der Waals surface area contributed by atoms with Crippen molar-refractivity contribution >= 4 is 5.96 Å². The Bertz CT molecular complexity index is 159. The van der Waals surface area contributed by atoms with Gasteiger partial charge in [0, 0.05) is 26.8 Å². The van der Waals surface area contributed by atoms with Crippen molar-refractivity contribution in [3.63, 3.8) is 0 Å². The smallest absolute Gasteiger partial charge is 0.205 e. The van der Waals surface area contributed by atoms with Gasteiger partial charge >= 0.3 is 0 Å². The van der Waals surface area contributed by atoms with Gasteiger partial charge in [-0.2, -0.15) is 0 Å². The molecule has 5 heteroatoms. The molecule has 0 atom stereocenters. The maximum Gasteiger partial charge on any atom is 0.205 e. The SMILES string of the molecule is CN=C(NN)NCCCOCC(C)C. The number of hydrazine groups is 1. The molecule has 0 spiro atoms. The summed E-state index contributed by atoms with van der Waals surface area (Å²) in [4.78, 5) is 3.88. The molecule has 4 N–H and O–H groups in total. The molecular formula is C9H22N4O. The van der Waals surface area contributed by atoms with Crippen molar-refractivity contribution in [3.8, 4) is 0 Å². The van der Waals surface area contributed by atoms with Gasteiger partial charge in [0.05, 0.1) is 0 Å². The molecule has 14 heavy (non-hydrogen) atoms. The molecule has 0 amide bonds. The number of aliphatic imine (C=N–C) groups is 1. The Balaban J connectivity index is 3.21. The normalized spacial score (nSPS) is 11.9. The van der Waals surface area contributed by atoms with Crippen molar-refractivity contribution in [3.05, 3.63) is 0 Å². The average molecular weight is 202 g/mol. The van der Waals surface area contributed by atoms with Gasteiger partial charge in [-0.25, -0.2) is 5.84 Å². The Hall–Kier alpha value is -0.810. The van der Waals surface area contributed by atoms with Crippen LogP contribution < -0.4 is 16.6 Å². The molecule has 0 fully saturated rings. The van der Waals surface area contributed by atoms with E-state index in [0.717, 1.165) is 26.2 Å². The highest BCUT2D eigenvalue weighted by atomic mass is 16.5. The average Bonchev–Trinajstić information content (AvgIpc) is 2.16. The largest absolute Gasteiger partial charge is 0.381 e. The molecule has 0 heterocycles. The first-order chi connectivity index (χ1) is 6.70. The van der Waals surface area contributed by atoms with Crippen LogP contribution in [-0.2, 0) is 4.74 Å². The zero-order chi connectivity index (χ0) is 10.8. The van der Waals surface area contributed by atoms with E-state index in [0.29, 0.717) is 11.9 Å². The van der Waals surface area contributed by atoms with E-state index in [2.05, 4.69) is 29.6 Å². The topological polar surface area (TPSA) is 71.7 Å². The second kappa shape index (κ2) is 8.77. The summed E-state index contributed by atoms with van der Waals surface area (Å²) in [6.07, 6.45) is 0.952. The molecule has 5 nitrogen and oxygen atoms in total. The van der Waals surface area contributed by atoms with E-state index in [1.165, 1.54) is 0 Å². The van der Waals surface area contributed by atoms with Gasteiger partial charge in [0.2, 0.25) is 5.96 Å². The predicted molar refractivity (Wildman–Crippen MR) is 59.0 cm³/mol. The summed E-state index contributed by atoms with van der Waals surface area (Å²) in [7, 11) is 1.68. The fourth-order valence-electron chi connectivity index (χ4n) is 0.895. The number of nitrogens with zero attached hydrogens (tertiary/aromatic N) is 1. The van der Waals surface area contributed by atoms with Crippen molar-refractivity contribution in [2.75, 3.05) is 26.8 Å².